The number of aliphatic hydroxyl groups is 3. The summed E-state index contributed by atoms with van der Waals surface area (Å²) >= 11 is 0. The van der Waals surface area contributed by atoms with Crippen molar-refractivity contribution in [1.29, 1.82) is 0 Å². The van der Waals surface area contributed by atoms with Gasteiger partial charge in [-0.05, 0) is 38.5 Å². The molecule has 1 aliphatic rings. The molecule has 13 heteroatoms. The number of allylic oxidation sites excluding steroid dienone is 2. The normalized spacial score (nSPS) is 19.1. The van der Waals surface area contributed by atoms with Gasteiger partial charge in [-0.1, -0.05) is 251 Å². The van der Waals surface area contributed by atoms with Gasteiger partial charge in [0.15, 0.2) is 6.29 Å². The minimum Gasteiger partial charge on any atom is -0.457 e. The second-order valence-electron chi connectivity index (χ2n) is 20.6. The first kappa shape index (κ1) is 66.9. The van der Waals surface area contributed by atoms with Crippen LogP contribution in [0.15, 0.2) is 12.2 Å². The molecule has 1 heterocycles. The maximum Gasteiger partial charge on any atom is 0.397 e. The second kappa shape index (κ2) is 48.8. The van der Waals surface area contributed by atoms with Gasteiger partial charge in [0.25, 0.3) is 0 Å². The van der Waals surface area contributed by atoms with Gasteiger partial charge in [-0.3, -0.25) is 9.35 Å². The Hall–Kier alpha value is -1.16. The molecular formula is C57H110O12S. The fraction of sp³-hybridized carbons (Fsp3) is 0.947. The minimum atomic E-state index is -5.06. The van der Waals surface area contributed by atoms with Crippen molar-refractivity contribution in [2.24, 2.45) is 0 Å². The first-order valence-electron chi connectivity index (χ1n) is 29.4. The zero-order valence-corrected chi connectivity index (χ0v) is 45.9. The van der Waals surface area contributed by atoms with E-state index in [1.165, 1.54) is 218 Å². The lowest BCUT2D eigenvalue weighted by molar-refractivity contribution is -0.301. The van der Waals surface area contributed by atoms with E-state index in [1.54, 1.807) is 0 Å². The zero-order chi connectivity index (χ0) is 51.0. The van der Waals surface area contributed by atoms with E-state index in [2.05, 4.69) is 30.2 Å². The minimum absolute atomic E-state index is 0.0421. The molecule has 0 radical (unpaired) electrons. The standard InChI is InChI=1S/C57H110O12S/c1-3-5-7-9-11-13-15-17-19-21-23-25-27-29-31-33-35-37-39-41-43-45-47-65-49-51(50-66-57-55(61)56(69-70(62,63)64)54(60)52(48-58)68-57)67-53(59)46-44-42-40-38-36-34-32-30-28-26-24-22-20-18-16-14-12-10-8-6-4-2/h22,24,51-52,54-58,60-61H,3-21,23,25-50H2,1-2H3,(H,62,63,64)/b24-22-. The molecule has 6 atom stereocenters. The van der Waals surface area contributed by atoms with Crippen LogP contribution in [0, 0.1) is 0 Å². The Kier molecular flexibility index (Phi) is 46.6. The van der Waals surface area contributed by atoms with E-state index in [0.717, 1.165) is 38.5 Å². The van der Waals surface area contributed by atoms with E-state index < -0.39 is 59.8 Å². The summed E-state index contributed by atoms with van der Waals surface area (Å²) in [5.41, 5.74) is 0. The zero-order valence-electron chi connectivity index (χ0n) is 45.1. The Morgan fingerprint density at radius 1 is 0.529 bits per heavy atom. The Labute approximate surface area is 429 Å². The number of carbonyl (C=O) groups is 1. The van der Waals surface area contributed by atoms with Crippen molar-refractivity contribution >= 4 is 16.4 Å². The van der Waals surface area contributed by atoms with Crippen LogP contribution in [0.25, 0.3) is 0 Å². The van der Waals surface area contributed by atoms with E-state index >= 15 is 0 Å². The SMILES string of the molecule is CCCCCCCCCC/C=C\CCCCCCCCCCCC(=O)OC(COCCCCCCCCCCCCCCCCCCCCCCCC)COC1OC(CO)C(O)C(OS(=O)(=O)O)C1O. The van der Waals surface area contributed by atoms with E-state index in [0.29, 0.717) is 13.0 Å². The number of rotatable bonds is 53. The monoisotopic (exact) mass is 1020 g/mol. The van der Waals surface area contributed by atoms with Crippen molar-refractivity contribution in [2.75, 3.05) is 26.4 Å². The molecule has 1 saturated heterocycles. The summed E-state index contributed by atoms with van der Waals surface area (Å²) in [5, 5.41) is 30.8. The summed E-state index contributed by atoms with van der Waals surface area (Å²) in [6.07, 6.45) is 48.2. The highest BCUT2D eigenvalue weighted by Gasteiger charge is 2.48. The number of esters is 1. The summed E-state index contributed by atoms with van der Waals surface area (Å²) in [6, 6.07) is 0. The largest absolute Gasteiger partial charge is 0.457 e. The van der Waals surface area contributed by atoms with Crippen molar-refractivity contribution in [3.63, 3.8) is 0 Å². The fourth-order valence-electron chi connectivity index (χ4n) is 9.44. The van der Waals surface area contributed by atoms with Crippen molar-refractivity contribution in [3.8, 4) is 0 Å². The molecule has 70 heavy (non-hydrogen) atoms. The van der Waals surface area contributed by atoms with Gasteiger partial charge in [0.2, 0.25) is 0 Å². The van der Waals surface area contributed by atoms with Crippen molar-refractivity contribution in [3.05, 3.63) is 12.2 Å². The maximum atomic E-state index is 13.0. The average Bonchev–Trinajstić information content (AvgIpc) is 3.34. The molecule has 416 valence electrons. The molecule has 12 nitrogen and oxygen atoms in total. The molecule has 0 bridgehead atoms. The van der Waals surface area contributed by atoms with Crippen molar-refractivity contribution in [1.82, 2.24) is 0 Å². The topological polar surface area (TPSA) is 178 Å². The number of unbranched alkanes of at least 4 members (excludes halogenated alkanes) is 38. The van der Waals surface area contributed by atoms with Crippen LogP contribution in [0.5, 0.6) is 0 Å². The maximum absolute atomic E-state index is 13.0. The lowest BCUT2D eigenvalue weighted by atomic mass is 9.99. The molecule has 0 aromatic rings. The van der Waals surface area contributed by atoms with Gasteiger partial charge < -0.3 is 34.3 Å². The van der Waals surface area contributed by atoms with Crippen LogP contribution < -0.4 is 0 Å². The van der Waals surface area contributed by atoms with Gasteiger partial charge in [-0.2, -0.15) is 8.42 Å². The predicted octanol–water partition coefficient (Wildman–Crippen LogP) is 14.5. The van der Waals surface area contributed by atoms with Crippen LogP contribution in [-0.4, -0.2) is 97.5 Å². The fourth-order valence-corrected chi connectivity index (χ4v) is 9.94. The van der Waals surface area contributed by atoms with Gasteiger partial charge in [0.05, 0.1) is 19.8 Å². The lowest BCUT2D eigenvalue weighted by Gasteiger charge is -2.41. The number of hydrogen-bond acceptors (Lipinski definition) is 11. The van der Waals surface area contributed by atoms with Crippen LogP contribution in [0.1, 0.15) is 284 Å². The molecule has 1 aliphatic heterocycles. The van der Waals surface area contributed by atoms with E-state index in [9.17, 15) is 33.1 Å². The van der Waals surface area contributed by atoms with Gasteiger partial charge in [-0.25, -0.2) is 4.18 Å². The van der Waals surface area contributed by atoms with E-state index in [-0.39, 0.29) is 19.6 Å². The Balaban J connectivity index is 2.28. The number of carbonyl (C=O) groups excluding carboxylic acids is 1. The predicted molar refractivity (Wildman–Crippen MR) is 285 cm³/mol. The van der Waals surface area contributed by atoms with Crippen LogP contribution in [-0.2, 0) is 38.3 Å². The average molecular weight is 1020 g/mol. The molecule has 0 aromatic carbocycles. The van der Waals surface area contributed by atoms with E-state index in [4.69, 9.17) is 18.9 Å². The molecule has 4 N–H and O–H groups in total. The molecule has 1 fully saturated rings. The highest BCUT2D eigenvalue weighted by atomic mass is 32.3. The van der Waals surface area contributed by atoms with Crippen LogP contribution in [0.4, 0.5) is 0 Å². The van der Waals surface area contributed by atoms with Gasteiger partial charge >= 0.3 is 16.4 Å². The molecule has 1 rings (SSSR count). The summed E-state index contributed by atoms with van der Waals surface area (Å²) in [6.45, 7) is 4.06. The van der Waals surface area contributed by atoms with Crippen molar-refractivity contribution in [2.45, 2.75) is 320 Å². The number of aliphatic hydroxyl groups excluding tert-OH is 3. The van der Waals surface area contributed by atoms with Crippen molar-refractivity contribution < 1.29 is 56.2 Å². The summed E-state index contributed by atoms with van der Waals surface area (Å²) in [4.78, 5) is 13.0. The Bertz CT molecular complexity index is 1270. The Morgan fingerprint density at radius 2 is 0.900 bits per heavy atom. The third-order valence-electron chi connectivity index (χ3n) is 13.9. The highest BCUT2D eigenvalue weighted by Crippen LogP contribution is 2.26. The second-order valence-corrected chi connectivity index (χ2v) is 21.6. The number of hydrogen-bond donors (Lipinski definition) is 4. The lowest BCUT2D eigenvalue weighted by Crippen LogP contribution is -2.60. The molecule has 0 aliphatic carbocycles. The molecule has 0 amide bonds. The quantitative estimate of drug-likeness (QED) is 0.0196. The van der Waals surface area contributed by atoms with Gasteiger partial charge in [0, 0.05) is 13.0 Å². The van der Waals surface area contributed by atoms with Crippen LogP contribution >= 0.6 is 0 Å². The first-order chi connectivity index (χ1) is 34.1. The first-order valence-corrected chi connectivity index (χ1v) is 30.8. The molecule has 0 aromatic heterocycles. The summed E-state index contributed by atoms with van der Waals surface area (Å²) < 4.78 is 59.5. The van der Waals surface area contributed by atoms with Gasteiger partial charge in [0.1, 0.15) is 30.5 Å². The summed E-state index contributed by atoms with van der Waals surface area (Å²) in [5.74, 6) is -0.394. The van der Waals surface area contributed by atoms with E-state index in [1.807, 2.05) is 0 Å². The van der Waals surface area contributed by atoms with Crippen LogP contribution in [0.3, 0.4) is 0 Å². The third kappa shape index (κ3) is 41.2. The smallest absolute Gasteiger partial charge is 0.397 e. The highest BCUT2D eigenvalue weighted by molar-refractivity contribution is 7.80. The van der Waals surface area contributed by atoms with Gasteiger partial charge in [-0.15, -0.1) is 0 Å². The third-order valence-corrected chi connectivity index (χ3v) is 14.4. The Morgan fingerprint density at radius 3 is 1.29 bits per heavy atom. The summed E-state index contributed by atoms with van der Waals surface area (Å²) in [7, 11) is -5.06. The van der Waals surface area contributed by atoms with Crippen LogP contribution in [0.2, 0.25) is 0 Å². The molecule has 0 saturated carbocycles. The molecule has 0 spiro atoms. The molecular weight excluding hydrogens is 909 g/mol. The molecule has 6 unspecified atom stereocenters. The number of ether oxygens (including phenoxy) is 4.